The highest BCUT2D eigenvalue weighted by molar-refractivity contribution is 7.99. The van der Waals surface area contributed by atoms with E-state index in [0.717, 1.165) is 0 Å². The summed E-state index contributed by atoms with van der Waals surface area (Å²) in [5, 5.41) is 7.29. The van der Waals surface area contributed by atoms with Crippen molar-refractivity contribution >= 4 is 46.3 Å². The zero-order valence-electron chi connectivity index (χ0n) is 18.3. The predicted molar refractivity (Wildman–Crippen MR) is 114 cm³/mol. The summed E-state index contributed by atoms with van der Waals surface area (Å²) in [4.78, 5) is 20.8. The number of alkyl halides is 12. The van der Waals surface area contributed by atoms with Crippen molar-refractivity contribution in [3.05, 3.63) is 57.6 Å². The number of aromatic carboxylic acids is 1. The second kappa shape index (κ2) is 11.9. The second-order valence-corrected chi connectivity index (χ2v) is 8.81. The van der Waals surface area contributed by atoms with E-state index in [9.17, 15) is 62.3 Å². The Balaban J connectivity index is 0.000000380. The zero-order valence-corrected chi connectivity index (χ0v) is 20.7. The van der Waals surface area contributed by atoms with Gasteiger partial charge in [-0.15, -0.1) is 23.5 Å². The van der Waals surface area contributed by atoms with Crippen LogP contribution in [0.5, 0.6) is 0 Å². The molecule has 0 aromatic heterocycles. The average Bonchev–Trinajstić information content (AvgIpc) is 2.74. The van der Waals surface area contributed by atoms with Crippen LogP contribution in [-0.4, -0.2) is 28.8 Å². The molecule has 2 rings (SSSR count). The maximum absolute atomic E-state index is 12.7. The molecule has 0 amide bonds. The van der Waals surface area contributed by atoms with Gasteiger partial charge in [0.15, 0.2) is 0 Å². The highest BCUT2D eigenvalue weighted by Crippen LogP contribution is 2.42. The summed E-state index contributed by atoms with van der Waals surface area (Å²) < 4.78 is 151. The number of hydrogen-bond donors (Lipinski definition) is 1. The lowest BCUT2D eigenvalue weighted by molar-refractivity contribution is -0.145. The van der Waals surface area contributed by atoms with E-state index < -0.39 is 79.1 Å². The third-order valence-corrected chi connectivity index (χ3v) is 6.03. The normalized spacial score (nSPS) is 12.6. The van der Waals surface area contributed by atoms with Crippen LogP contribution in [0.25, 0.3) is 0 Å². The second-order valence-electron chi connectivity index (χ2n) is 6.77. The van der Waals surface area contributed by atoms with Crippen LogP contribution in [0.4, 0.5) is 52.7 Å². The lowest BCUT2D eigenvalue weighted by Crippen LogP contribution is -2.17. The Bertz CT molecular complexity index is 1110. The van der Waals surface area contributed by atoms with Gasteiger partial charge in [0.25, 0.3) is 5.24 Å². The largest absolute Gasteiger partial charge is 0.478 e. The van der Waals surface area contributed by atoms with Crippen LogP contribution in [0.15, 0.2) is 34.1 Å². The van der Waals surface area contributed by atoms with Gasteiger partial charge in [-0.25, -0.2) is 4.79 Å². The van der Waals surface area contributed by atoms with Crippen LogP contribution < -0.4 is 0 Å². The molecule has 3 nitrogen and oxygen atoms in total. The number of carbonyl (C=O) groups is 2. The van der Waals surface area contributed by atoms with Crippen LogP contribution in [0.1, 0.15) is 43.0 Å². The van der Waals surface area contributed by atoms with Crippen LogP contribution in [0.2, 0.25) is 0 Å². The first-order valence-electron chi connectivity index (χ1n) is 9.12. The van der Waals surface area contributed by atoms with Crippen molar-refractivity contribution in [1.82, 2.24) is 0 Å². The molecular formula is C20H11ClF12O3S2. The third-order valence-electron chi connectivity index (χ3n) is 4.32. The third kappa shape index (κ3) is 8.36. The highest BCUT2D eigenvalue weighted by Gasteiger charge is 2.42. The minimum absolute atomic E-state index is 0.116. The first kappa shape index (κ1) is 33.8. The van der Waals surface area contributed by atoms with Gasteiger partial charge in [0.05, 0.1) is 33.4 Å². The predicted octanol–water partition coefficient (Wildman–Crippen LogP) is 8.97. The van der Waals surface area contributed by atoms with Crippen LogP contribution in [0.3, 0.4) is 0 Å². The fourth-order valence-corrected chi connectivity index (χ4v) is 4.31. The molecule has 0 saturated carbocycles. The first-order chi connectivity index (χ1) is 17.0. The summed E-state index contributed by atoms with van der Waals surface area (Å²) in [6.07, 6.45) is -17.8. The van der Waals surface area contributed by atoms with Crippen LogP contribution >= 0.6 is 35.1 Å². The van der Waals surface area contributed by atoms with E-state index in [1.165, 1.54) is 12.5 Å². The molecule has 0 radical (unpaired) electrons. The Morgan fingerprint density at radius 1 is 0.632 bits per heavy atom. The summed E-state index contributed by atoms with van der Waals surface area (Å²) >= 11 is 6.11. The van der Waals surface area contributed by atoms with Crippen molar-refractivity contribution in [2.24, 2.45) is 0 Å². The fraction of sp³-hybridized carbons (Fsp3) is 0.300. The van der Waals surface area contributed by atoms with E-state index >= 15 is 0 Å². The molecule has 0 aliphatic rings. The number of thioether (sulfide) groups is 2. The van der Waals surface area contributed by atoms with Gasteiger partial charge in [0.2, 0.25) is 0 Å². The Kier molecular flexibility index (Phi) is 10.5. The fourth-order valence-electron chi connectivity index (χ4n) is 2.75. The van der Waals surface area contributed by atoms with Crippen molar-refractivity contribution in [2.75, 3.05) is 12.5 Å². The lowest BCUT2D eigenvalue weighted by atomic mass is 10.0. The number of hydrogen-bond acceptors (Lipinski definition) is 4. The molecule has 1 N–H and O–H groups in total. The number of carboxylic acid groups (broad SMARTS) is 1. The topological polar surface area (TPSA) is 54.4 Å². The van der Waals surface area contributed by atoms with E-state index in [0.29, 0.717) is 35.7 Å². The summed E-state index contributed by atoms with van der Waals surface area (Å²) in [7, 11) is 0. The summed E-state index contributed by atoms with van der Waals surface area (Å²) in [5.74, 6) is -1.93. The molecule has 18 heteroatoms. The standard InChI is InChI=1S/C10H5ClF6OS.C10H6F6O2S/c1-19-6-3-4(9(12,13)14)2-5(10(15,16)17)7(6)8(11)18;1-19-6-3-4(9(11,12)13)2-5(10(14,15)16)7(6)8(17)18/h2-3H,1H3;2-3H,1H3,(H,17,18). The number of carbonyl (C=O) groups excluding carboxylic acids is 1. The Labute approximate surface area is 218 Å². The average molecular weight is 627 g/mol. The number of halogens is 13. The molecule has 0 atom stereocenters. The molecule has 0 aliphatic heterocycles. The molecule has 2 aromatic rings. The van der Waals surface area contributed by atoms with Gasteiger partial charge in [0.1, 0.15) is 0 Å². The lowest BCUT2D eigenvalue weighted by Gasteiger charge is -2.17. The van der Waals surface area contributed by atoms with Crippen LogP contribution in [-0.2, 0) is 24.7 Å². The molecule has 0 spiro atoms. The van der Waals surface area contributed by atoms with E-state index in [4.69, 9.17) is 16.7 Å². The molecule has 0 fully saturated rings. The van der Waals surface area contributed by atoms with Crippen molar-refractivity contribution in [3.63, 3.8) is 0 Å². The van der Waals surface area contributed by atoms with Crippen LogP contribution in [0, 0.1) is 0 Å². The van der Waals surface area contributed by atoms with Gasteiger partial charge in [-0.2, -0.15) is 52.7 Å². The molecule has 2 aromatic carbocycles. The minimum atomic E-state index is -5.18. The molecule has 0 aliphatic carbocycles. The number of benzene rings is 2. The maximum Gasteiger partial charge on any atom is 0.417 e. The van der Waals surface area contributed by atoms with Gasteiger partial charge in [-0.1, -0.05) is 0 Å². The smallest absolute Gasteiger partial charge is 0.417 e. The highest BCUT2D eigenvalue weighted by atomic mass is 35.5. The molecule has 38 heavy (non-hydrogen) atoms. The van der Waals surface area contributed by atoms with Gasteiger partial charge >= 0.3 is 30.7 Å². The first-order valence-corrected chi connectivity index (χ1v) is 12.0. The van der Waals surface area contributed by atoms with E-state index in [1.54, 1.807) is 0 Å². The SMILES string of the molecule is CSc1cc(C(F)(F)F)cc(C(F)(F)F)c1C(=O)Cl.CSc1cc(C(F)(F)F)cc(C(F)(F)F)c1C(=O)O. The summed E-state index contributed by atoms with van der Waals surface area (Å²) in [6.45, 7) is 0. The van der Waals surface area contributed by atoms with E-state index in [-0.39, 0.29) is 12.1 Å². The molecular weight excluding hydrogens is 616 g/mol. The quantitative estimate of drug-likeness (QED) is 0.209. The number of rotatable bonds is 4. The molecule has 0 unspecified atom stereocenters. The Morgan fingerprint density at radius 3 is 1.18 bits per heavy atom. The summed E-state index contributed by atoms with van der Waals surface area (Å²) in [5.41, 5.74) is -8.64. The van der Waals surface area contributed by atoms with E-state index in [1.807, 2.05) is 0 Å². The van der Waals surface area contributed by atoms with E-state index in [2.05, 4.69) is 0 Å². The minimum Gasteiger partial charge on any atom is -0.478 e. The molecule has 0 bridgehead atoms. The van der Waals surface area contributed by atoms with Crippen molar-refractivity contribution < 1.29 is 67.4 Å². The van der Waals surface area contributed by atoms with Gasteiger partial charge in [-0.05, 0) is 48.4 Å². The summed E-state index contributed by atoms with van der Waals surface area (Å²) in [6, 6.07) is 0.553. The van der Waals surface area contributed by atoms with Crippen molar-refractivity contribution in [1.29, 1.82) is 0 Å². The Hall–Kier alpha value is -2.27. The monoisotopic (exact) mass is 626 g/mol. The van der Waals surface area contributed by atoms with Crippen molar-refractivity contribution in [3.8, 4) is 0 Å². The number of carboxylic acids is 1. The molecule has 212 valence electrons. The van der Waals surface area contributed by atoms with Crippen molar-refractivity contribution in [2.45, 2.75) is 34.5 Å². The Morgan fingerprint density at radius 2 is 0.947 bits per heavy atom. The molecule has 0 heterocycles. The zero-order chi connectivity index (χ0) is 30.0. The molecule has 0 saturated heterocycles. The van der Waals surface area contributed by atoms with Gasteiger partial charge in [-0.3, -0.25) is 4.79 Å². The van der Waals surface area contributed by atoms with Gasteiger partial charge < -0.3 is 5.11 Å². The van der Waals surface area contributed by atoms with Gasteiger partial charge in [0, 0.05) is 9.79 Å². The maximum atomic E-state index is 12.7.